The van der Waals surface area contributed by atoms with Gasteiger partial charge in [0.2, 0.25) is 0 Å². The zero-order valence-electron chi connectivity index (χ0n) is 36.5. The molecule has 0 radical (unpaired) electrons. The van der Waals surface area contributed by atoms with Crippen LogP contribution in [-0.4, -0.2) is 101 Å². The van der Waals surface area contributed by atoms with E-state index in [9.17, 15) is 84.2 Å². The van der Waals surface area contributed by atoms with Crippen molar-refractivity contribution in [2.45, 2.75) is 125 Å². The fourth-order valence-corrected chi connectivity index (χ4v) is 11.0. The van der Waals surface area contributed by atoms with Gasteiger partial charge in [0.25, 0.3) is 0 Å². The number of hydrogen-bond acceptors (Lipinski definition) is 7. The second kappa shape index (κ2) is 21.7. The van der Waals surface area contributed by atoms with Crippen molar-refractivity contribution in [2.24, 2.45) is 0 Å². The Morgan fingerprint density at radius 3 is 1.66 bits per heavy atom. The van der Waals surface area contributed by atoms with Crippen molar-refractivity contribution in [1.82, 2.24) is 0 Å². The molecule has 0 aliphatic heterocycles. The van der Waals surface area contributed by atoms with E-state index in [0.29, 0.717) is 6.07 Å². The standard InChI is InChI=1S/C40H44F19NO7Si/c1-8-64-31(61)23(6)19-29(63-7)30(67-32(62)60-28-14-11-25(41)20-27(28)42)24-9-12-26(13-10-24)65-16-17-66-68(21(2)3,22(4)5)18-15-33(43,44)34(45,46)35(47,48)36(49,50)37(51,52)38(53,54)39(55,56)40(57,58)59/h9-14,19-22,29-30H,8,15-18H2,1-7H3,(H,60,62)/b23-19+/t29-,30-/m0/s1. The van der Waals surface area contributed by atoms with Crippen molar-refractivity contribution in [3.05, 3.63) is 71.3 Å². The molecule has 0 heterocycles. The van der Waals surface area contributed by atoms with Crippen LogP contribution in [0.1, 0.15) is 59.6 Å². The molecule has 2 aromatic carbocycles. The van der Waals surface area contributed by atoms with Gasteiger partial charge in [-0.05, 0) is 66.9 Å². The van der Waals surface area contributed by atoms with E-state index in [1.54, 1.807) is 0 Å². The Morgan fingerprint density at radius 1 is 0.706 bits per heavy atom. The van der Waals surface area contributed by atoms with Crippen molar-refractivity contribution in [1.29, 1.82) is 0 Å². The quantitative estimate of drug-likeness (QED) is 0.0368. The SMILES string of the molecule is CCOC(=O)/C(C)=C/[C@H](OC)[C@@H](OC(=O)Nc1ccc(F)cc1F)c1ccc(OCCO[Si](CCC(F)(F)C(F)(F)C(F)(F)C(F)(F)C(F)(F)C(F)(F)C(F)(F)C(F)(F)F)(C(C)C)C(C)C)cc1. The normalized spacial score (nSPS) is 15.1. The van der Waals surface area contributed by atoms with Crippen LogP contribution in [0, 0.1) is 11.6 Å². The van der Waals surface area contributed by atoms with Crippen molar-refractivity contribution in [3.8, 4) is 5.75 Å². The monoisotopic (exact) mass is 1040 g/mol. The Hall–Kier alpha value is -4.47. The van der Waals surface area contributed by atoms with Crippen LogP contribution < -0.4 is 10.1 Å². The number of anilines is 1. The van der Waals surface area contributed by atoms with E-state index >= 15 is 8.78 Å². The molecule has 2 rings (SSSR count). The lowest BCUT2D eigenvalue weighted by Crippen LogP contribution is -2.74. The lowest BCUT2D eigenvalue weighted by Gasteiger charge is -2.44. The van der Waals surface area contributed by atoms with Gasteiger partial charge in [0.05, 0.1) is 18.9 Å². The highest BCUT2D eigenvalue weighted by Crippen LogP contribution is 2.64. The van der Waals surface area contributed by atoms with E-state index in [4.69, 9.17) is 23.4 Å². The molecule has 1 amide bonds. The van der Waals surface area contributed by atoms with Gasteiger partial charge in [0.1, 0.15) is 30.1 Å². The van der Waals surface area contributed by atoms with Gasteiger partial charge >= 0.3 is 59.7 Å². The molecule has 68 heavy (non-hydrogen) atoms. The molecule has 0 unspecified atom stereocenters. The van der Waals surface area contributed by atoms with E-state index < -0.39 is 134 Å². The first-order valence-electron chi connectivity index (χ1n) is 19.7. The van der Waals surface area contributed by atoms with E-state index in [1.165, 1.54) is 79.0 Å². The minimum Gasteiger partial charge on any atom is -0.491 e. The zero-order chi connectivity index (χ0) is 52.9. The zero-order valence-corrected chi connectivity index (χ0v) is 37.5. The lowest BCUT2D eigenvalue weighted by atomic mass is 9.88. The van der Waals surface area contributed by atoms with Crippen molar-refractivity contribution in [2.75, 3.05) is 32.2 Å². The van der Waals surface area contributed by atoms with Gasteiger partial charge in [-0.2, -0.15) is 74.6 Å². The van der Waals surface area contributed by atoms with E-state index in [0.717, 1.165) is 12.1 Å². The average Bonchev–Trinajstić information content (AvgIpc) is 3.22. The highest BCUT2D eigenvalue weighted by molar-refractivity contribution is 6.76. The Balaban J connectivity index is 2.36. The third-order valence-corrected chi connectivity index (χ3v) is 16.2. The van der Waals surface area contributed by atoms with Gasteiger partial charge in [-0.15, -0.1) is 0 Å². The summed E-state index contributed by atoms with van der Waals surface area (Å²) in [7, 11) is -2.91. The maximum atomic E-state index is 15.0. The molecule has 0 fully saturated rings. The predicted octanol–water partition coefficient (Wildman–Crippen LogP) is 13.3. The molecule has 0 aromatic heterocycles. The summed E-state index contributed by atoms with van der Waals surface area (Å²) in [4.78, 5) is 25.2. The summed E-state index contributed by atoms with van der Waals surface area (Å²) in [6, 6.07) is 5.95. The maximum Gasteiger partial charge on any atom is 0.460 e. The van der Waals surface area contributed by atoms with Gasteiger partial charge in [0.15, 0.2) is 14.4 Å². The fraction of sp³-hybridized carbons (Fsp3) is 0.600. The highest BCUT2D eigenvalue weighted by atomic mass is 28.4. The molecule has 388 valence electrons. The number of esters is 1. The molecule has 8 nitrogen and oxygen atoms in total. The molecule has 1 N–H and O–H groups in total. The Bertz CT molecular complexity index is 2040. The molecule has 0 saturated carbocycles. The second-order valence-electron chi connectivity index (χ2n) is 15.5. The maximum absolute atomic E-state index is 15.0. The number of ether oxygens (including phenoxy) is 4. The van der Waals surface area contributed by atoms with Gasteiger partial charge in [0, 0.05) is 25.2 Å². The smallest absolute Gasteiger partial charge is 0.460 e. The number of amides is 1. The fourth-order valence-electron chi connectivity index (χ4n) is 6.51. The minimum atomic E-state index is -8.73. The van der Waals surface area contributed by atoms with Crippen LogP contribution >= 0.6 is 0 Å². The average molecular weight is 1040 g/mol. The topological polar surface area (TPSA) is 92.3 Å². The highest BCUT2D eigenvalue weighted by Gasteiger charge is 2.95. The Morgan fingerprint density at radius 2 is 1.21 bits per heavy atom. The minimum absolute atomic E-state index is 0.00148. The number of nitrogens with one attached hydrogen (secondary N) is 1. The molecule has 2 aromatic rings. The van der Waals surface area contributed by atoms with Crippen molar-refractivity contribution in [3.63, 3.8) is 0 Å². The first-order valence-corrected chi connectivity index (χ1v) is 21.9. The summed E-state index contributed by atoms with van der Waals surface area (Å²) in [6.07, 6.45) is -13.2. The summed E-state index contributed by atoms with van der Waals surface area (Å²) in [5.74, 6) is -60.0. The molecular formula is C40H44F19NO7Si. The molecule has 0 aliphatic carbocycles. The number of alkyl halides is 17. The second-order valence-corrected chi connectivity index (χ2v) is 20.5. The number of rotatable bonds is 24. The van der Waals surface area contributed by atoms with Crippen LogP contribution in [0.15, 0.2) is 54.1 Å². The molecule has 0 bridgehead atoms. The molecule has 0 spiro atoms. The number of hydrogen-bond donors (Lipinski definition) is 1. The van der Waals surface area contributed by atoms with E-state index in [1.807, 2.05) is 0 Å². The van der Waals surface area contributed by atoms with Crippen LogP contribution in [0.5, 0.6) is 5.75 Å². The molecule has 0 aliphatic rings. The first-order chi connectivity index (χ1) is 30.8. The molecule has 28 heteroatoms. The molecular weight excluding hydrogens is 995 g/mol. The largest absolute Gasteiger partial charge is 0.491 e. The number of carbonyl (C=O) groups excluding carboxylic acids is 2. The molecule has 2 atom stereocenters. The van der Waals surface area contributed by atoms with Crippen LogP contribution in [0.3, 0.4) is 0 Å². The van der Waals surface area contributed by atoms with Crippen molar-refractivity contribution >= 4 is 26.1 Å². The van der Waals surface area contributed by atoms with Gasteiger partial charge < -0.3 is 23.4 Å². The summed E-state index contributed by atoms with van der Waals surface area (Å²) in [5.41, 5.74) is -2.23. The van der Waals surface area contributed by atoms with Gasteiger partial charge in [-0.3, -0.25) is 5.32 Å². The van der Waals surface area contributed by atoms with E-state index in [2.05, 4.69) is 5.32 Å². The first kappa shape index (κ1) is 59.6. The number of methoxy groups -OCH3 is 1. The third-order valence-electron chi connectivity index (χ3n) is 10.5. The molecule has 0 saturated heterocycles. The van der Waals surface area contributed by atoms with Crippen LogP contribution in [-0.2, 0) is 23.4 Å². The van der Waals surface area contributed by atoms with Gasteiger partial charge in [-0.25, -0.2) is 18.4 Å². The van der Waals surface area contributed by atoms with Crippen LogP contribution in [0.2, 0.25) is 17.1 Å². The predicted molar refractivity (Wildman–Crippen MR) is 204 cm³/mol. The Labute approximate surface area is 376 Å². The third kappa shape index (κ3) is 11.9. The van der Waals surface area contributed by atoms with E-state index in [-0.39, 0.29) is 23.5 Å². The summed E-state index contributed by atoms with van der Waals surface area (Å²) in [5, 5.41) is 2.09. The number of halogens is 19. The van der Waals surface area contributed by atoms with Crippen LogP contribution in [0.4, 0.5) is 93.9 Å². The summed E-state index contributed by atoms with van der Waals surface area (Å²) < 4.78 is 291. The Kier molecular flexibility index (Phi) is 19.0. The number of carbonyl (C=O) groups is 2. The van der Waals surface area contributed by atoms with Crippen LogP contribution in [0.25, 0.3) is 0 Å². The lowest BCUT2D eigenvalue weighted by molar-refractivity contribution is -0.461. The summed E-state index contributed by atoms with van der Waals surface area (Å²) in [6.45, 7) is 6.87. The number of benzene rings is 2. The van der Waals surface area contributed by atoms with Crippen molar-refractivity contribution < 1.29 is 116 Å². The van der Waals surface area contributed by atoms with Gasteiger partial charge in [-0.1, -0.05) is 39.8 Å². The summed E-state index contributed by atoms with van der Waals surface area (Å²) >= 11 is 0.